The van der Waals surface area contributed by atoms with Gasteiger partial charge in [-0.1, -0.05) is 72.8 Å². The second kappa shape index (κ2) is 6.07. The molecule has 22 heavy (non-hydrogen) atoms. The Balaban J connectivity index is 1.48. The SMILES string of the molecule is C1=CC(C2OC2c2ccccc2)N(Cc2ccccc2)CC1. The fraction of sp³-hybridized carbons (Fsp3) is 0.300. The number of benzene rings is 2. The summed E-state index contributed by atoms with van der Waals surface area (Å²) in [4.78, 5) is 2.54. The van der Waals surface area contributed by atoms with Crippen molar-refractivity contribution >= 4 is 0 Å². The number of epoxide rings is 1. The van der Waals surface area contributed by atoms with Crippen LogP contribution in [0.5, 0.6) is 0 Å². The van der Waals surface area contributed by atoms with E-state index in [-0.39, 0.29) is 6.10 Å². The molecule has 0 aromatic heterocycles. The zero-order valence-corrected chi connectivity index (χ0v) is 12.6. The van der Waals surface area contributed by atoms with Crippen LogP contribution in [0.1, 0.15) is 23.7 Å². The lowest BCUT2D eigenvalue weighted by Gasteiger charge is -2.31. The van der Waals surface area contributed by atoms with E-state index in [9.17, 15) is 0 Å². The lowest BCUT2D eigenvalue weighted by molar-refractivity contribution is 0.179. The molecule has 112 valence electrons. The maximum atomic E-state index is 6.02. The van der Waals surface area contributed by atoms with E-state index in [0.717, 1.165) is 19.5 Å². The number of nitrogens with zero attached hydrogens (tertiary/aromatic N) is 1. The highest BCUT2D eigenvalue weighted by Gasteiger charge is 2.47. The summed E-state index contributed by atoms with van der Waals surface area (Å²) in [5.74, 6) is 0. The maximum absolute atomic E-state index is 6.02. The average molecular weight is 291 g/mol. The van der Waals surface area contributed by atoms with Crippen molar-refractivity contribution in [1.82, 2.24) is 4.90 Å². The lowest BCUT2D eigenvalue weighted by Crippen LogP contribution is -2.40. The molecule has 0 aliphatic carbocycles. The van der Waals surface area contributed by atoms with Crippen LogP contribution in [-0.2, 0) is 11.3 Å². The van der Waals surface area contributed by atoms with Crippen LogP contribution >= 0.6 is 0 Å². The molecule has 2 aromatic carbocycles. The number of hydrogen-bond donors (Lipinski definition) is 0. The molecule has 4 rings (SSSR count). The minimum atomic E-state index is 0.257. The molecule has 0 amide bonds. The molecule has 2 nitrogen and oxygen atoms in total. The van der Waals surface area contributed by atoms with Crippen molar-refractivity contribution in [1.29, 1.82) is 0 Å². The number of rotatable bonds is 4. The Morgan fingerprint density at radius 1 is 0.955 bits per heavy atom. The molecule has 0 radical (unpaired) electrons. The highest BCUT2D eigenvalue weighted by atomic mass is 16.6. The first kappa shape index (κ1) is 13.7. The fourth-order valence-corrected chi connectivity index (χ4v) is 3.36. The third kappa shape index (κ3) is 2.85. The first-order chi connectivity index (χ1) is 10.9. The molecule has 0 saturated carbocycles. The molecule has 1 fully saturated rings. The zero-order valence-electron chi connectivity index (χ0n) is 12.6. The minimum Gasteiger partial charge on any atom is -0.362 e. The van der Waals surface area contributed by atoms with Gasteiger partial charge in [0.2, 0.25) is 0 Å². The first-order valence-electron chi connectivity index (χ1n) is 8.07. The fourth-order valence-electron chi connectivity index (χ4n) is 3.36. The van der Waals surface area contributed by atoms with Crippen molar-refractivity contribution in [3.05, 3.63) is 83.9 Å². The first-order valence-corrected chi connectivity index (χ1v) is 8.07. The highest BCUT2D eigenvalue weighted by Crippen LogP contribution is 2.43. The predicted molar refractivity (Wildman–Crippen MR) is 88.5 cm³/mol. The van der Waals surface area contributed by atoms with E-state index in [0.29, 0.717) is 12.1 Å². The van der Waals surface area contributed by atoms with Crippen molar-refractivity contribution in [2.75, 3.05) is 6.54 Å². The average Bonchev–Trinajstić information content (AvgIpc) is 3.38. The standard InChI is InChI=1S/C20H21NO/c1-3-9-16(10-4-1)15-21-14-8-7-13-18(21)20-19(22-20)17-11-5-2-6-12-17/h1-7,9-13,18-20H,8,14-15H2. The Morgan fingerprint density at radius 3 is 2.45 bits per heavy atom. The third-order valence-corrected chi connectivity index (χ3v) is 4.56. The highest BCUT2D eigenvalue weighted by molar-refractivity contribution is 5.25. The molecule has 2 aliphatic rings. The van der Waals surface area contributed by atoms with Gasteiger partial charge in [-0.3, -0.25) is 4.90 Å². The van der Waals surface area contributed by atoms with Crippen molar-refractivity contribution < 1.29 is 4.74 Å². The summed E-state index contributed by atoms with van der Waals surface area (Å²) < 4.78 is 6.02. The van der Waals surface area contributed by atoms with E-state index in [1.54, 1.807) is 0 Å². The molecule has 3 unspecified atom stereocenters. The summed E-state index contributed by atoms with van der Waals surface area (Å²) in [7, 11) is 0. The number of hydrogen-bond acceptors (Lipinski definition) is 2. The van der Waals surface area contributed by atoms with Gasteiger partial charge in [0.15, 0.2) is 0 Å². The van der Waals surface area contributed by atoms with Crippen molar-refractivity contribution in [2.45, 2.75) is 31.2 Å². The summed E-state index contributed by atoms with van der Waals surface area (Å²) >= 11 is 0. The van der Waals surface area contributed by atoms with Gasteiger partial charge in [0.1, 0.15) is 12.2 Å². The molecule has 2 heteroatoms. The van der Waals surface area contributed by atoms with Crippen LogP contribution in [0, 0.1) is 0 Å². The molecule has 0 bridgehead atoms. The molecular formula is C20H21NO. The summed E-state index contributed by atoms with van der Waals surface area (Å²) in [6.07, 6.45) is 6.32. The van der Waals surface area contributed by atoms with Gasteiger partial charge in [-0.05, 0) is 17.5 Å². The van der Waals surface area contributed by atoms with Crippen LogP contribution in [0.4, 0.5) is 0 Å². The van der Waals surface area contributed by atoms with E-state index in [2.05, 4.69) is 77.7 Å². The molecule has 0 spiro atoms. The van der Waals surface area contributed by atoms with E-state index in [1.165, 1.54) is 11.1 Å². The largest absolute Gasteiger partial charge is 0.362 e. The monoisotopic (exact) mass is 291 g/mol. The summed E-state index contributed by atoms with van der Waals surface area (Å²) in [5, 5.41) is 0. The van der Waals surface area contributed by atoms with Crippen LogP contribution in [-0.4, -0.2) is 23.6 Å². The molecule has 2 heterocycles. The van der Waals surface area contributed by atoms with E-state index in [4.69, 9.17) is 4.74 Å². The Hall–Kier alpha value is -1.90. The van der Waals surface area contributed by atoms with Gasteiger partial charge >= 0.3 is 0 Å². The Labute approximate surface area is 132 Å². The summed E-state index contributed by atoms with van der Waals surface area (Å²) in [5.41, 5.74) is 2.67. The Morgan fingerprint density at radius 2 is 1.68 bits per heavy atom. The predicted octanol–water partition coefficient (Wildman–Crippen LogP) is 3.96. The Kier molecular flexibility index (Phi) is 3.79. The molecule has 0 N–H and O–H groups in total. The summed E-state index contributed by atoms with van der Waals surface area (Å²) in [6, 6.07) is 21.7. The molecule has 2 aliphatic heterocycles. The van der Waals surface area contributed by atoms with Crippen LogP contribution < -0.4 is 0 Å². The van der Waals surface area contributed by atoms with E-state index >= 15 is 0 Å². The van der Waals surface area contributed by atoms with Gasteiger partial charge in [-0.15, -0.1) is 0 Å². The summed E-state index contributed by atoms with van der Waals surface area (Å²) in [6.45, 7) is 2.11. The third-order valence-electron chi connectivity index (χ3n) is 4.56. The Bertz CT molecular complexity index is 637. The van der Waals surface area contributed by atoms with Gasteiger partial charge in [0.25, 0.3) is 0 Å². The van der Waals surface area contributed by atoms with E-state index < -0.39 is 0 Å². The van der Waals surface area contributed by atoms with Gasteiger partial charge in [-0.2, -0.15) is 0 Å². The van der Waals surface area contributed by atoms with Crippen molar-refractivity contribution in [3.8, 4) is 0 Å². The molecule has 3 atom stereocenters. The zero-order chi connectivity index (χ0) is 14.8. The lowest BCUT2D eigenvalue weighted by atomic mass is 10.00. The van der Waals surface area contributed by atoms with Gasteiger partial charge in [-0.25, -0.2) is 0 Å². The second-order valence-corrected chi connectivity index (χ2v) is 6.10. The van der Waals surface area contributed by atoms with Crippen LogP contribution in [0.15, 0.2) is 72.8 Å². The smallest absolute Gasteiger partial charge is 0.111 e. The van der Waals surface area contributed by atoms with Crippen LogP contribution in [0.25, 0.3) is 0 Å². The number of ether oxygens (including phenoxy) is 1. The van der Waals surface area contributed by atoms with E-state index in [1.807, 2.05) is 0 Å². The van der Waals surface area contributed by atoms with Gasteiger partial charge < -0.3 is 4.74 Å². The topological polar surface area (TPSA) is 15.8 Å². The minimum absolute atomic E-state index is 0.257. The van der Waals surface area contributed by atoms with Crippen molar-refractivity contribution in [2.24, 2.45) is 0 Å². The molecule has 1 saturated heterocycles. The second-order valence-electron chi connectivity index (χ2n) is 6.10. The normalized spacial score (nSPS) is 27.7. The van der Waals surface area contributed by atoms with Gasteiger partial charge in [0.05, 0.1) is 6.04 Å². The quantitative estimate of drug-likeness (QED) is 0.626. The van der Waals surface area contributed by atoms with Crippen LogP contribution in [0.2, 0.25) is 0 Å². The maximum Gasteiger partial charge on any atom is 0.111 e. The van der Waals surface area contributed by atoms with Crippen molar-refractivity contribution in [3.63, 3.8) is 0 Å². The molecular weight excluding hydrogens is 270 g/mol. The van der Waals surface area contributed by atoms with Gasteiger partial charge in [0, 0.05) is 13.1 Å². The molecule has 2 aromatic rings. The van der Waals surface area contributed by atoms with Crippen LogP contribution in [0.3, 0.4) is 0 Å².